The summed E-state index contributed by atoms with van der Waals surface area (Å²) < 4.78 is 10.2. The molecule has 0 bridgehead atoms. The highest BCUT2D eigenvalue weighted by atomic mass is 16.5. The third-order valence-corrected chi connectivity index (χ3v) is 2.32. The first-order valence-corrected chi connectivity index (χ1v) is 5.11. The van der Waals surface area contributed by atoms with Crippen LogP contribution in [0.1, 0.15) is 31.1 Å². The largest absolute Gasteiger partial charge is 0.392 e. The molecule has 1 fully saturated rings. The van der Waals surface area contributed by atoms with Gasteiger partial charge in [-0.2, -0.15) is 4.98 Å². The summed E-state index contributed by atoms with van der Waals surface area (Å²) in [6.07, 6.45) is 0.299. The van der Waals surface area contributed by atoms with E-state index in [1.54, 1.807) is 0 Å². The van der Waals surface area contributed by atoms with Crippen molar-refractivity contribution in [2.75, 3.05) is 13.2 Å². The summed E-state index contributed by atoms with van der Waals surface area (Å²) in [7, 11) is 0. The monoisotopic (exact) mass is 213 g/mol. The standard InChI is InChI=1S/C9H15N3O3/c1-2-14-5-8-11-9(15-12-8)7-3-6(13)4-10-7/h6-7,10,13H,2-5H2,1H3/t6-,7+/m0/s1. The number of nitrogens with zero attached hydrogens (tertiary/aromatic N) is 2. The Morgan fingerprint density at radius 3 is 3.20 bits per heavy atom. The van der Waals surface area contributed by atoms with Crippen molar-refractivity contribution >= 4 is 0 Å². The van der Waals surface area contributed by atoms with Gasteiger partial charge in [-0.15, -0.1) is 0 Å². The van der Waals surface area contributed by atoms with E-state index in [4.69, 9.17) is 9.26 Å². The van der Waals surface area contributed by atoms with Gasteiger partial charge >= 0.3 is 0 Å². The molecule has 0 amide bonds. The van der Waals surface area contributed by atoms with Crippen molar-refractivity contribution in [1.29, 1.82) is 0 Å². The van der Waals surface area contributed by atoms with Crippen LogP contribution in [0.25, 0.3) is 0 Å². The molecule has 0 aliphatic carbocycles. The minimum Gasteiger partial charge on any atom is -0.392 e. The Hall–Kier alpha value is -0.980. The van der Waals surface area contributed by atoms with Crippen molar-refractivity contribution in [3.8, 4) is 0 Å². The van der Waals surface area contributed by atoms with Crippen molar-refractivity contribution in [3.63, 3.8) is 0 Å². The summed E-state index contributed by atoms with van der Waals surface area (Å²) in [6, 6.07) is -0.0251. The van der Waals surface area contributed by atoms with Gasteiger partial charge in [0.05, 0.1) is 12.1 Å². The molecule has 1 aromatic heterocycles. The van der Waals surface area contributed by atoms with Crippen molar-refractivity contribution in [2.24, 2.45) is 0 Å². The lowest BCUT2D eigenvalue weighted by Crippen LogP contribution is -2.15. The molecule has 0 aromatic carbocycles. The molecule has 0 spiro atoms. The van der Waals surface area contributed by atoms with Gasteiger partial charge in [0.1, 0.15) is 6.61 Å². The van der Waals surface area contributed by atoms with Gasteiger partial charge in [0.2, 0.25) is 5.89 Å². The Morgan fingerprint density at radius 1 is 1.67 bits per heavy atom. The fraction of sp³-hybridized carbons (Fsp3) is 0.778. The van der Waals surface area contributed by atoms with Gasteiger partial charge in [-0.1, -0.05) is 5.16 Å². The molecule has 6 heteroatoms. The summed E-state index contributed by atoms with van der Waals surface area (Å²) >= 11 is 0. The first-order chi connectivity index (χ1) is 7.29. The first kappa shape index (κ1) is 10.5. The fourth-order valence-corrected chi connectivity index (χ4v) is 1.57. The van der Waals surface area contributed by atoms with E-state index in [-0.39, 0.29) is 12.1 Å². The predicted octanol–water partition coefficient (Wildman–Crippen LogP) is 0.00140. The van der Waals surface area contributed by atoms with Crippen LogP contribution in [-0.4, -0.2) is 34.5 Å². The van der Waals surface area contributed by atoms with Crippen LogP contribution in [0.15, 0.2) is 4.52 Å². The predicted molar refractivity (Wildman–Crippen MR) is 51.0 cm³/mol. The molecule has 84 valence electrons. The van der Waals surface area contributed by atoms with Crippen molar-refractivity contribution in [3.05, 3.63) is 11.7 Å². The number of hydrogen-bond donors (Lipinski definition) is 2. The minimum absolute atomic E-state index is 0.0251. The summed E-state index contributed by atoms with van der Waals surface area (Å²) in [6.45, 7) is 3.49. The van der Waals surface area contributed by atoms with E-state index in [0.717, 1.165) is 0 Å². The molecule has 2 N–H and O–H groups in total. The van der Waals surface area contributed by atoms with Gasteiger partial charge in [-0.05, 0) is 13.3 Å². The van der Waals surface area contributed by atoms with Crippen LogP contribution in [-0.2, 0) is 11.3 Å². The normalized spacial score (nSPS) is 26.0. The Labute approximate surface area is 87.6 Å². The van der Waals surface area contributed by atoms with Gasteiger partial charge in [-0.25, -0.2) is 0 Å². The molecule has 1 saturated heterocycles. The van der Waals surface area contributed by atoms with Gasteiger partial charge in [0.15, 0.2) is 5.82 Å². The Morgan fingerprint density at radius 2 is 2.53 bits per heavy atom. The molecule has 1 aliphatic rings. The number of aliphatic hydroxyl groups excluding tert-OH is 1. The lowest BCUT2D eigenvalue weighted by molar-refractivity contribution is 0.126. The van der Waals surface area contributed by atoms with E-state index in [2.05, 4.69) is 15.5 Å². The average Bonchev–Trinajstić information content (AvgIpc) is 2.83. The van der Waals surface area contributed by atoms with Gasteiger partial charge in [0, 0.05) is 13.2 Å². The van der Waals surface area contributed by atoms with Crippen LogP contribution in [0.3, 0.4) is 0 Å². The number of rotatable bonds is 4. The maximum Gasteiger partial charge on any atom is 0.243 e. The second-order valence-electron chi connectivity index (χ2n) is 3.54. The van der Waals surface area contributed by atoms with Crippen molar-refractivity contribution < 1.29 is 14.4 Å². The molecule has 2 atom stereocenters. The quantitative estimate of drug-likeness (QED) is 0.733. The van der Waals surface area contributed by atoms with Crippen LogP contribution in [0.4, 0.5) is 0 Å². The molecule has 2 heterocycles. The molecule has 1 aromatic rings. The van der Waals surface area contributed by atoms with Crippen LogP contribution < -0.4 is 5.32 Å². The SMILES string of the molecule is CCOCc1noc([C@H]2C[C@H](O)CN2)n1. The Kier molecular flexibility index (Phi) is 3.30. The molecule has 2 rings (SSSR count). The fourth-order valence-electron chi connectivity index (χ4n) is 1.57. The lowest BCUT2D eigenvalue weighted by Gasteiger charge is -2.01. The summed E-state index contributed by atoms with van der Waals surface area (Å²) in [4.78, 5) is 4.19. The molecule has 0 saturated carbocycles. The molecular weight excluding hydrogens is 198 g/mol. The lowest BCUT2D eigenvalue weighted by atomic mass is 10.2. The van der Waals surface area contributed by atoms with E-state index in [1.165, 1.54) is 0 Å². The van der Waals surface area contributed by atoms with E-state index in [0.29, 0.717) is 37.9 Å². The topological polar surface area (TPSA) is 80.4 Å². The number of aliphatic hydroxyl groups is 1. The maximum atomic E-state index is 9.33. The second kappa shape index (κ2) is 4.69. The number of aromatic nitrogens is 2. The smallest absolute Gasteiger partial charge is 0.243 e. The summed E-state index contributed by atoms with van der Waals surface area (Å²) in [5.41, 5.74) is 0. The zero-order valence-electron chi connectivity index (χ0n) is 8.64. The van der Waals surface area contributed by atoms with Crippen LogP contribution in [0.5, 0.6) is 0 Å². The van der Waals surface area contributed by atoms with Crippen molar-refractivity contribution in [1.82, 2.24) is 15.5 Å². The third-order valence-electron chi connectivity index (χ3n) is 2.32. The molecule has 15 heavy (non-hydrogen) atoms. The van der Waals surface area contributed by atoms with E-state index >= 15 is 0 Å². The molecule has 1 aliphatic heterocycles. The van der Waals surface area contributed by atoms with Gasteiger partial charge in [0.25, 0.3) is 0 Å². The number of nitrogens with one attached hydrogen (secondary N) is 1. The molecule has 0 radical (unpaired) electrons. The van der Waals surface area contributed by atoms with E-state index in [1.807, 2.05) is 6.92 Å². The Bertz CT molecular complexity index is 315. The van der Waals surface area contributed by atoms with Crippen LogP contribution in [0, 0.1) is 0 Å². The van der Waals surface area contributed by atoms with Gasteiger partial charge in [-0.3, -0.25) is 0 Å². The summed E-state index contributed by atoms with van der Waals surface area (Å²) in [5, 5.41) is 16.2. The third kappa shape index (κ3) is 2.53. The van der Waals surface area contributed by atoms with Crippen LogP contribution >= 0.6 is 0 Å². The van der Waals surface area contributed by atoms with E-state index in [9.17, 15) is 5.11 Å². The van der Waals surface area contributed by atoms with Crippen molar-refractivity contribution in [2.45, 2.75) is 32.1 Å². The zero-order valence-corrected chi connectivity index (χ0v) is 8.64. The Balaban J connectivity index is 1.94. The first-order valence-electron chi connectivity index (χ1n) is 5.11. The zero-order chi connectivity index (χ0) is 10.7. The highest BCUT2D eigenvalue weighted by molar-refractivity contribution is 4.96. The minimum atomic E-state index is -0.322. The van der Waals surface area contributed by atoms with E-state index < -0.39 is 0 Å². The highest BCUT2D eigenvalue weighted by Gasteiger charge is 2.27. The number of ether oxygens (including phenoxy) is 1. The molecule has 0 unspecified atom stereocenters. The molecular formula is C9H15N3O3. The average molecular weight is 213 g/mol. The molecule has 6 nitrogen and oxygen atoms in total. The van der Waals surface area contributed by atoms with Crippen LogP contribution in [0.2, 0.25) is 0 Å². The highest BCUT2D eigenvalue weighted by Crippen LogP contribution is 2.21. The number of β-amino-alcohol motifs (C(OH)–C–C–N with tert-alkyl or cyclic N) is 1. The summed E-state index contributed by atoms with van der Waals surface area (Å²) in [5.74, 6) is 1.08. The number of hydrogen-bond acceptors (Lipinski definition) is 6. The maximum absolute atomic E-state index is 9.33. The second-order valence-corrected chi connectivity index (χ2v) is 3.54. The van der Waals surface area contributed by atoms with Gasteiger partial charge < -0.3 is 19.7 Å².